The highest BCUT2D eigenvalue weighted by atomic mass is 16.3. The van der Waals surface area contributed by atoms with Crippen molar-refractivity contribution in [1.29, 1.82) is 0 Å². The normalized spacial score (nSPS) is 14.8. The molecule has 4 heteroatoms. The second-order valence-corrected chi connectivity index (χ2v) is 4.99. The molecule has 1 aromatic rings. The van der Waals surface area contributed by atoms with Crippen molar-refractivity contribution in [2.75, 3.05) is 0 Å². The molecule has 14 heavy (non-hydrogen) atoms. The van der Waals surface area contributed by atoms with Crippen molar-refractivity contribution in [2.45, 2.75) is 46.8 Å². The largest absolute Gasteiger partial charge is 0.386 e. The lowest BCUT2D eigenvalue weighted by Gasteiger charge is -2.23. The van der Waals surface area contributed by atoms with Gasteiger partial charge in [0, 0.05) is 6.04 Å². The number of hydrogen-bond acceptors (Lipinski definition) is 3. The van der Waals surface area contributed by atoms with E-state index in [2.05, 4.69) is 10.3 Å². The van der Waals surface area contributed by atoms with Gasteiger partial charge < -0.3 is 5.11 Å². The maximum absolute atomic E-state index is 9.94. The number of aliphatic hydroxyl groups is 1. The molecular formula is C10H19N3O. The van der Waals surface area contributed by atoms with E-state index in [0.29, 0.717) is 5.69 Å². The number of rotatable bonds is 2. The van der Waals surface area contributed by atoms with Crippen molar-refractivity contribution in [3.8, 4) is 0 Å². The van der Waals surface area contributed by atoms with Gasteiger partial charge in [0.05, 0.1) is 6.20 Å². The molecule has 0 aliphatic carbocycles. The Kier molecular flexibility index (Phi) is 2.95. The number of aliphatic hydroxyl groups excluding tert-OH is 1. The van der Waals surface area contributed by atoms with Crippen molar-refractivity contribution >= 4 is 0 Å². The van der Waals surface area contributed by atoms with Gasteiger partial charge >= 0.3 is 0 Å². The lowest BCUT2D eigenvalue weighted by molar-refractivity contribution is 0.0588. The summed E-state index contributed by atoms with van der Waals surface area (Å²) >= 11 is 0. The van der Waals surface area contributed by atoms with Crippen LogP contribution in [0.2, 0.25) is 0 Å². The standard InChI is InChI=1S/C10H19N3O/c1-7(2)13-6-8(11-12-13)9(14)10(3,4)5/h6-7,9,14H,1-5H3. The summed E-state index contributed by atoms with van der Waals surface area (Å²) in [4.78, 5) is 0. The van der Waals surface area contributed by atoms with Crippen LogP contribution in [0.3, 0.4) is 0 Å². The molecule has 0 aliphatic heterocycles. The molecule has 0 spiro atoms. The van der Waals surface area contributed by atoms with Crippen LogP contribution in [0, 0.1) is 5.41 Å². The summed E-state index contributed by atoms with van der Waals surface area (Å²) in [6.07, 6.45) is 1.25. The highest BCUT2D eigenvalue weighted by molar-refractivity contribution is 5.01. The minimum absolute atomic E-state index is 0.197. The van der Waals surface area contributed by atoms with Gasteiger partial charge in [0.15, 0.2) is 0 Å². The van der Waals surface area contributed by atoms with Crippen molar-refractivity contribution in [3.05, 3.63) is 11.9 Å². The third-order valence-electron chi connectivity index (χ3n) is 2.16. The van der Waals surface area contributed by atoms with Crippen molar-refractivity contribution < 1.29 is 5.11 Å². The summed E-state index contributed by atoms with van der Waals surface area (Å²) in [7, 11) is 0. The predicted octanol–water partition coefficient (Wildman–Crippen LogP) is 1.94. The Balaban J connectivity index is 2.87. The molecule has 0 aromatic carbocycles. The molecule has 0 saturated heterocycles. The van der Waals surface area contributed by atoms with E-state index in [-0.39, 0.29) is 11.5 Å². The van der Waals surface area contributed by atoms with E-state index in [9.17, 15) is 5.11 Å². The Hall–Kier alpha value is -0.900. The highest BCUT2D eigenvalue weighted by Crippen LogP contribution is 2.31. The van der Waals surface area contributed by atoms with Crippen LogP contribution in [0.1, 0.15) is 52.5 Å². The van der Waals surface area contributed by atoms with Crippen molar-refractivity contribution in [1.82, 2.24) is 15.0 Å². The van der Waals surface area contributed by atoms with Gasteiger partial charge in [-0.15, -0.1) is 5.10 Å². The van der Waals surface area contributed by atoms with Crippen LogP contribution in [0.4, 0.5) is 0 Å². The summed E-state index contributed by atoms with van der Waals surface area (Å²) in [6, 6.07) is 0.281. The van der Waals surface area contributed by atoms with E-state index in [1.165, 1.54) is 0 Å². The topological polar surface area (TPSA) is 50.9 Å². The smallest absolute Gasteiger partial charge is 0.112 e. The van der Waals surface area contributed by atoms with Crippen LogP contribution in [0.15, 0.2) is 6.20 Å². The number of nitrogens with zero attached hydrogens (tertiary/aromatic N) is 3. The Morgan fingerprint density at radius 3 is 2.29 bits per heavy atom. The molecule has 0 aliphatic rings. The van der Waals surface area contributed by atoms with Crippen LogP contribution in [0.25, 0.3) is 0 Å². The van der Waals surface area contributed by atoms with Gasteiger partial charge in [-0.2, -0.15) is 0 Å². The summed E-state index contributed by atoms with van der Waals surface area (Å²) < 4.78 is 1.75. The molecule has 1 heterocycles. The van der Waals surface area contributed by atoms with Crippen LogP contribution in [-0.2, 0) is 0 Å². The summed E-state index contributed by atoms with van der Waals surface area (Å²) in [5.41, 5.74) is 0.448. The van der Waals surface area contributed by atoms with Gasteiger partial charge in [-0.05, 0) is 19.3 Å². The van der Waals surface area contributed by atoms with Gasteiger partial charge in [0.2, 0.25) is 0 Å². The lowest BCUT2D eigenvalue weighted by Crippen LogP contribution is -2.18. The summed E-state index contributed by atoms with van der Waals surface area (Å²) in [5, 5.41) is 17.9. The molecule has 0 amide bonds. The summed E-state index contributed by atoms with van der Waals surface area (Å²) in [5.74, 6) is 0. The minimum Gasteiger partial charge on any atom is -0.386 e. The maximum atomic E-state index is 9.94. The predicted molar refractivity (Wildman–Crippen MR) is 54.8 cm³/mol. The maximum Gasteiger partial charge on any atom is 0.112 e. The average Bonchev–Trinajstić information content (AvgIpc) is 2.48. The molecule has 1 aromatic heterocycles. The molecule has 1 N–H and O–H groups in total. The SMILES string of the molecule is CC(C)n1cc(C(O)C(C)(C)C)nn1. The first-order chi connectivity index (χ1) is 6.32. The van der Waals surface area contributed by atoms with E-state index in [1.54, 1.807) is 10.9 Å². The lowest BCUT2D eigenvalue weighted by atomic mass is 9.87. The minimum atomic E-state index is -0.560. The molecule has 0 radical (unpaired) electrons. The Bertz CT molecular complexity index is 299. The third-order valence-corrected chi connectivity index (χ3v) is 2.16. The zero-order chi connectivity index (χ0) is 10.9. The molecule has 0 fully saturated rings. The van der Waals surface area contributed by atoms with Crippen LogP contribution in [-0.4, -0.2) is 20.1 Å². The van der Waals surface area contributed by atoms with Crippen LogP contribution in [0.5, 0.6) is 0 Å². The number of hydrogen-bond donors (Lipinski definition) is 1. The molecule has 1 unspecified atom stereocenters. The van der Waals surface area contributed by atoms with Gasteiger partial charge in [-0.1, -0.05) is 26.0 Å². The number of aromatic nitrogens is 3. The Morgan fingerprint density at radius 2 is 1.93 bits per heavy atom. The van der Waals surface area contributed by atoms with Gasteiger partial charge in [-0.3, -0.25) is 0 Å². The van der Waals surface area contributed by atoms with Gasteiger partial charge in [0.25, 0.3) is 0 Å². The van der Waals surface area contributed by atoms with E-state index in [0.717, 1.165) is 0 Å². The fourth-order valence-corrected chi connectivity index (χ4v) is 1.11. The monoisotopic (exact) mass is 197 g/mol. The summed E-state index contributed by atoms with van der Waals surface area (Å²) in [6.45, 7) is 9.99. The first-order valence-electron chi connectivity index (χ1n) is 4.92. The second-order valence-electron chi connectivity index (χ2n) is 4.99. The fourth-order valence-electron chi connectivity index (χ4n) is 1.11. The highest BCUT2D eigenvalue weighted by Gasteiger charge is 2.26. The molecule has 4 nitrogen and oxygen atoms in total. The van der Waals surface area contributed by atoms with E-state index >= 15 is 0 Å². The Labute approximate surface area is 84.9 Å². The van der Waals surface area contributed by atoms with E-state index in [4.69, 9.17) is 0 Å². The third kappa shape index (κ3) is 2.32. The van der Waals surface area contributed by atoms with Crippen LogP contribution >= 0.6 is 0 Å². The molecular weight excluding hydrogens is 178 g/mol. The first kappa shape index (κ1) is 11.2. The zero-order valence-electron chi connectivity index (χ0n) is 9.52. The average molecular weight is 197 g/mol. The van der Waals surface area contributed by atoms with Crippen molar-refractivity contribution in [2.24, 2.45) is 5.41 Å². The van der Waals surface area contributed by atoms with Gasteiger partial charge in [-0.25, -0.2) is 4.68 Å². The van der Waals surface area contributed by atoms with E-state index < -0.39 is 6.10 Å². The zero-order valence-corrected chi connectivity index (χ0v) is 9.52. The van der Waals surface area contributed by atoms with Crippen molar-refractivity contribution in [3.63, 3.8) is 0 Å². The quantitative estimate of drug-likeness (QED) is 0.788. The van der Waals surface area contributed by atoms with E-state index in [1.807, 2.05) is 34.6 Å². The van der Waals surface area contributed by atoms with Crippen LogP contribution < -0.4 is 0 Å². The van der Waals surface area contributed by atoms with Gasteiger partial charge in [0.1, 0.15) is 11.8 Å². The Morgan fingerprint density at radius 1 is 1.36 bits per heavy atom. The molecule has 0 bridgehead atoms. The fraction of sp³-hybridized carbons (Fsp3) is 0.800. The molecule has 80 valence electrons. The molecule has 0 saturated carbocycles. The molecule has 1 rings (SSSR count). The first-order valence-corrected chi connectivity index (χ1v) is 4.92. The second kappa shape index (κ2) is 3.69. The molecule has 1 atom stereocenters.